The molecule has 0 N–H and O–H groups in total. The molecule has 0 unspecified atom stereocenters. The number of nitrogens with zero attached hydrogens (tertiary/aromatic N) is 3. The van der Waals surface area contributed by atoms with Crippen LogP contribution in [0.3, 0.4) is 0 Å². The first kappa shape index (κ1) is 24.9. The van der Waals surface area contributed by atoms with Crippen molar-refractivity contribution in [2.45, 2.75) is 78.8 Å². The number of unbranched alkanes of at least 4 members (excludes halogenated alkanes) is 3. The number of halogens is 3. The van der Waals surface area contributed by atoms with E-state index in [4.69, 9.17) is 0 Å². The van der Waals surface area contributed by atoms with Crippen LogP contribution in [0.4, 0.5) is 13.2 Å². The molecule has 0 saturated heterocycles. The van der Waals surface area contributed by atoms with Gasteiger partial charge in [-0.25, -0.2) is 0 Å². The van der Waals surface area contributed by atoms with Gasteiger partial charge in [-0.15, -0.1) is 0 Å². The number of hydrogen-bond donors (Lipinski definition) is 0. The Kier molecular flexibility index (Phi) is 8.13. The summed E-state index contributed by atoms with van der Waals surface area (Å²) < 4.78 is 47.0. The van der Waals surface area contributed by atoms with Gasteiger partial charge in [0, 0.05) is 0 Å². The number of allylic oxidation sites excluding steroid dienone is 4. The average Bonchev–Trinajstić information content (AvgIpc) is 3.05. The van der Waals surface area contributed by atoms with Gasteiger partial charge in [-0.3, -0.25) is 0 Å². The van der Waals surface area contributed by atoms with Crippen molar-refractivity contribution >= 4 is 38.8 Å². The van der Waals surface area contributed by atoms with Gasteiger partial charge in [-0.1, -0.05) is 0 Å². The van der Waals surface area contributed by atoms with Gasteiger partial charge >= 0.3 is 193 Å². The minimum atomic E-state index is -4.49. The second-order valence-corrected chi connectivity index (χ2v) is 21.7. The van der Waals surface area contributed by atoms with Gasteiger partial charge in [0.25, 0.3) is 0 Å². The van der Waals surface area contributed by atoms with E-state index in [9.17, 15) is 18.4 Å². The summed E-state index contributed by atoms with van der Waals surface area (Å²) in [5, 5.41) is 10.6. The molecule has 0 aromatic carbocycles. The Bertz CT molecular complexity index is 1040. The molecule has 0 radical (unpaired) electrons. The molecule has 1 aliphatic carbocycles. The number of pyridine rings is 1. The second kappa shape index (κ2) is 10.5. The Hall–Kier alpha value is -1.75. The molecule has 3 rings (SSSR count). The quantitative estimate of drug-likeness (QED) is 0.274. The van der Waals surface area contributed by atoms with E-state index in [0.717, 1.165) is 73.5 Å². The van der Waals surface area contributed by atoms with Crippen LogP contribution in [0, 0.1) is 11.3 Å². The van der Waals surface area contributed by atoms with Gasteiger partial charge in [0.1, 0.15) is 0 Å². The van der Waals surface area contributed by atoms with Crippen molar-refractivity contribution in [3.63, 3.8) is 0 Å². The summed E-state index contributed by atoms with van der Waals surface area (Å²) in [5.41, 5.74) is 1.08. The molecule has 2 aromatic rings. The van der Waals surface area contributed by atoms with Gasteiger partial charge in [-0.2, -0.15) is 0 Å². The summed E-state index contributed by atoms with van der Waals surface area (Å²) in [4.78, 5) is 4.28. The fraction of sp³-hybridized carbons (Fsp3) is 0.520. The molecule has 0 saturated carbocycles. The molecule has 0 bridgehead atoms. The average molecular weight is 550 g/mol. The number of alkyl halides is 3. The van der Waals surface area contributed by atoms with E-state index in [1.807, 2.05) is 18.2 Å². The third-order valence-electron chi connectivity index (χ3n) is 6.57. The van der Waals surface area contributed by atoms with Gasteiger partial charge in [-0.05, 0) is 0 Å². The molecule has 0 atom stereocenters. The Morgan fingerprint density at radius 1 is 1.03 bits per heavy atom. The first-order valence-corrected chi connectivity index (χ1v) is 19.2. The minimum absolute atomic E-state index is 0.351. The Morgan fingerprint density at radius 3 is 2.00 bits per heavy atom. The van der Waals surface area contributed by atoms with Crippen molar-refractivity contribution in [3.05, 3.63) is 41.6 Å². The number of rotatable bonds is 11. The molecule has 1 aliphatic rings. The van der Waals surface area contributed by atoms with E-state index in [-0.39, 0.29) is 0 Å². The van der Waals surface area contributed by atoms with Gasteiger partial charge < -0.3 is 0 Å². The van der Waals surface area contributed by atoms with E-state index in [1.54, 1.807) is 0 Å². The number of hydrogen-bond acceptors (Lipinski definition) is 2. The first-order chi connectivity index (χ1) is 15.3. The molecule has 7 heteroatoms. The SMILES string of the molecule is CCC[CH2][Sn]([CH2]CCC)([CH2]CCC)[c]1c(C#N)c2cc(C(F)(F)F)cnc2n1C1=CC=C1. The van der Waals surface area contributed by atoms with E-state index in [0.29, 0.717) is 16.6 Å². The first-order valence-electron chi connectivity index (χ1n) is 11.7. The topological polar surface area (TPSA) is 41.6 Å². The zero-order chi connectivity index (χ0) is 23.4. The molecular formula is C25H32F3N3Sn. The molecule has 32 heavy (non-hydrogen) atoms. The molecule has 0 amide bonds. The van der Waals surface area contributed by atoms with Crippen LogP contribution < -0.4 is 3.71 Å². The van der Waals surface area contributed by atoms with E-state index >= 15 is 0 Å². The zero-order valence-corrected chi connectivity index (χ0v) is 22.1. The molecule has 172 valence electrons. The fourth-order valence-corrected chi connectivity index (χ4v) is 21.9. The Labute approximate surface area is 192 Å². The molecular weight excluding hydrogens is 518 g/mol. The number of aromatic nitrogens is 2. The van der Waals surface area contributed by atoms with Crippen LogP contribution in [-0.2, 0) is 6.18 Å². The molecule has 3 nitrogen and oxygen atoms in total. The van der Waals surface area contributed by atoms with Crippen LogP contribution in [0.2, 0.25) is 13.3 Å². The van der Waals surface area contributed by atoms with Gasteiger partial charge in [0.2, 0.25) is 0 Å². The Balaban J connectivity index is 2.36. The summed E-state index contributed by atoms with van der Waals surface area (Å²) in [6, 6.07) is 3.49. The molecule has 0 aliphatic heterocycles. The third kappa shape index (κ3) is 4.78. The van der Waals surface area contributed by atoms with Crippen LogP contribution in [0.1, 0.15) is 70.4 Å². The van der Waals surface area contributed by atoms with Gasteiger partial charge in [0.05, 0.1) is 0 Å². The summed E-state index contributed by atoms with van der Waals surface area (Å²) in [5.74, 6) is 0. The zero-order valence-electron chi connectivity index (χ0n) is 19.2. The molecule has 2 heterocycles. The fourth-order valence-electron chi connectivity index (χ4n) is 4.79. The summed E-state index contributed by atoms with van der Waals surface area (Å²) >= 11 is -3.18. The Morgan fingerprint density at radius 2 is 1.59 bits per heavy atom. The van der Waals surface area contributed by atoms with Crippen molar-refractivity contribution in [2.75, 3.05) is 0 Å². The second-order valence-electron chi connectivity index (χ2n) is 8.81. The maximum atomic E-state index is 13.5. The molecule has 0 fully saturated rings. The van der Waals surface area contributed by atoms with Crippen molar-refractivity contribution in [1.29, 1.82) is 5.26 Å². The van der Waals surface area contributed by atoms with Crippen LogP contribution in [-0.4, -0.2) is 27.9 Å². The van der Waals surface area contributed by atoms with Crippen molar-refractivity contribution in [3.8, 4) is 6.07 Å². The predicted molar refractivity (Wildman–Crippen MR) is 127 cm³/mol. The van der Waals surface area contributed by atoms with E-state index in [2.05, 4.69) is 36.4 Å². The summed E-state index contributed by atoms with van der Waals surface area (Å²) in [7, 11) is 0. The maximum absolute atomic E-state index is 13.5. The third-order valence-corrected chi connectivity index (χ3v) is 22.0. The van der Waals surface area contributed by atoms with Gasteiger partial charge in [0.15, 0.2) is 0 Å². The van der Waals surface area contributed by atoms with Crippen molar-refractivity contribution in [1.82, 2.24) is 9.55 Å². The van der Waals surface area contributed by atoms with Crippen molar-refractivity contribution < 1.29 is 13.2 Å². The summed E-state index contributed by atoms with van der Waals surface area (Å²) in [6.07, 6.45) is 8.85. The predicted octanol–water partition coefficient (Wildman–Crippen LogP) is 7.39. The van der Waals surface area contributed by atoms with E-state index in [1.165, 1.54) is 0 Å². The molecule has 0 spiro atoms. The monoisotopic (exact) mass is 551 g/mol. The molecule has 2 aromatic heterocycles. The number of nitriles is 1. The van der Waals surface area contributed by atoms with Crippen LogP contribution in [0.25, 0.3) is 16.7 Å². The van der Waals surface area contributed by atoms with Crippen LogP contribution in [0.15, 0.2) is 30.5 Å². The number of fused-ring (bicyclic) bond motifs is 1. The standard InChI is InChI=1S/C13H5F3N3.3C4H9.Sn/c14-13(15,16)9-4-11-8(5-17)7-19(10-2-1-3-10)12(11)18-6-9;3*1-3-4-2;/h1-4,6H;3*1,3-4H2,2H3;. The van der Waals surface area contributed by atoms with Crippen LogP contribution in [0.5, 0.6) is 0 Å². The van der Waals surface area contributed by atoms with E-state index < -0.39 is 30.1 Å². The van der Waals surface area contributed by atoms with Crippen molar-refractivity contribution in [2.24, 2.45) is 0 Å². The van der Waals surface area contributed by atoms with Crippen LogP contribution >= 0.6 is 0 Å². The summed E-state index contributed by atoms with van der Waals surface area (Å²) in [6.45, 7) is 6.56. The normalized spacial score (nSPS) is 13.8.